The molecule has 0 bridgehead atoms. The predicted molar refractivity (Wildman–Crippen MR) is 167 cm³/mol. The summed E-state index contributed by atoms with van der Waals surface area (Å²) in [5, 5.41) is 2.54. The van der Waals surface area contributed by atoms with Gasteiger partial charge in [0.2, 0.25) is 0 Å². The van der Waals surface area contributed by atoms with Crippen LogP contribution in [0.3, 0.4) is 0 Å². The molecular formula is C30H42N8O3S. The lowest BCUT2D eigenvalue weighted by Gasteiger charge is -2.33. The Hall–Kier alpha value is -3.77. The Morgan fingerprint density at radius 2 is 1.88 bits per heavy atom. The number of sulfonamides is 1. The van der Waals surface area contributed by atoms with E-state index in [1.165, 1.54) is 6.07 Å². The molecule has 226 valence electrons. The smallest absolute Gasteiger partial charge is 0.281 e. The lowest BCUT2D eigenvalue weighted by Crippen LogP contribution is -2.42. The molecular weight excluding hydrogens is 552 g/mol. The number of carbonyl (C=O) groups is 1. The van der Waals surface area contributed by atoms with E-state index in [1.807, 2.05) is 45.7 Å². The van der Waals surface area contributed by atoms with Gasteiger partial charge in [0.1, 0.15) is 17.5 Å². The van der Waals surface area contributed by atoms with E-state index in [9.17, 15) is 13.2 Å². The first-order valence-corrected chi connectivity index (χ1v) is 15.5. The van der Waals surface area contributed by atoms with E-state index in [1.54, 1.807) is 37.5 Å². The standard InChI is InChI=1S/C30H42N8O3S/c1-19(2)16-37(8)26-20(3)14-21(15-33-26)23-13-12-22(27(34-23)38-18-30(6,31)17-29(38,4)5)28(39)36-42(40,41)25-11-9-10-24(32-7)35-25/h9-15,19H,16-18,31H2,1-8H3,(H,32,35)(H,36,39)/t30-/m1/s1. The molecule has 0 spiro atoms. The SMILES string of the molecule is CNc1cccc(S(=O)(=O)NC(=O)c2ccc(-c3cnc(N(C)CC(C)C)c(C)c3)nc2N2C[C@](C)(N)CC2(C)C)n1. The second kappa shape index (κ2) is 11.5. The van der Waals surface area contributed by atoms with Crippen LogP contribution in [-0.2, 0) is 10.0 Å². The average molecular weight is 595 g/mol. The Bertz CT molecular complexity index is 1590. The third-order valence-electron chi connectivity index (χ3n) is 7.29. The van der Waals surface area contributed by atoms with Crippen LogP contribution in [0.4, 0.5) is 17.5 Å². The Kier molecular flexibility index (Phi) is 8.52. The summed E-state index contributed by atoms with van der Waals surface area (Å²) in [5.74, 6) is 1.30. The number of nitrogens with zero attached hydrogens (tertiary/aromatic N) is 5. The highest BCUT2D eigenvalue weighted by Crippen LogP contribution is 2.39. The number of amides is 1. The molecule has 1 fully saturated rings. The normalized spacial score (nSPS) is 18.3. The van der Waals surface area contributed by atoms with Crippen LogP contribution in [-0.4, -0.2) is 67.5 Å². The molecule has 3 aromatic heterocycles. The van der Waals surface area contributed by atoms with Crippen molar-refractivity contribution in [2.45, 2.75) is 64.1 Å². The monoisotopic (exact) mass is 594 g/mol. The van der Waals surface area contributed by atoms with Crippen molar-refractivity contribution in [3.63, 3.8) is 0 Å². The highest BCUT2D eigenvalue weighted by molar-refractivity contribution is 7.90. The number of rotatable bonds is 9. The summed E-state index contributed by atoms with van der Waals surface area (Å²) in [6.45, 7) is 13.7. The van der Waals surface area contributed by atoms with Gasteiger partial charge in [0.05, 0.1) is 11.3 Å². The van der Waals surface area contributed by atoms with Crippen molar-refractivity contribution in [2.75, 3.05) is 42.3 Å². The highest BCUT2D eigenvalue weighted by Gasteiger charge is 2.45. The molecule has 4 rings (SSSR count). The maximum Gasteiger partial charge on any atom is 0.281 e. The zero-order valence-corrected chi connectivity index (χ0v) is 26.5. The Labute approximate surface area is 249 Å². The van der Waals surface area contributed by atoms with Gasteiger partial charge in [-0.3, -0.25) is 4.79 Å². The first kappa shape index (κ1) is 31.2. The topological polar surface area (TPSA) is 146 Å². The van der Waals surface area contributed by atoms with Crippen LogP contribution in [0.5, 0.6) is 0 Å². The molecule has 1 aliphatic heterocycles. The third kappa shape index (κ3) is 6.65. The number of anilines is 3. The van der Waals surface area contributed by atoms with Crippen LogP contribution >= 0.6 is 0 Å². The molecule has 0 radical (unpaired) electrons. The predicted octanol–water partition coefficient (Wildman–Crippen LogP) is 3.81. The molecule has 3 aromatic rings. The molecule has 11 nitrogen and oxygen atoms in total. The van der Waals surface area contributed by atoms with Crippen molar-refractivity contribution in [1.29, 1.82) is 0 Å². The van der Waals surface area contributed by atoms with Crippen molar-refractivity contribution in [2.24, 2.45) is 11.7 Å². The van der Waals surface area contributed by atoms with Crippen molar-refractivity contribution >= 4 is 33.4 Å². The molecule has 0 saturated carbocycles. The number of pyridine rings is 3. The Morgan fingerprint density at radius 1 is 1.17 bits per heavy atom. The summed E-state index contributed by atoms with van der Waals surface area (Å²) in [6, 6.07) is 9.86. The van der Waals surface area contributed by atoms with E-state index in [-0.39, 0.29) is 10.6 Å². The van der Waals surface area contributed by atoms with Crippen molar-refractivity contribution in [3.8, 4) is 11.3 Å². The van der Waals surface area contributed by atoms with Gasteiger partial charge >= 0.3 is 0 Å². The summed E-state index contributed by atoms with van der Waals surface area (Å²) in [7, 11) is -0.600. The summed E-state index contributed by atoms with van der Waals surface area (Å²) >= 11 is 0. The quantitative estimate of drug-likeness (QED) is 0.334. The maximum atomic E-state index is 13.6. The summed E-state index contributed by atoms with van der Waals surface area (Å²) < 4.78 is 28.5. The summed E-state index contributed by atoms with van der Waals surface area (Å²) in [6.07, 6.45) is 2.43. The average Bonchev–Trinajstić information content (AvgIpc) is 3.13. The van der Waals surface area contributed by atoms with E-state index in [0.29, 0.717) is 36.2 Å². The van der Waals surface area contributed by atoms with Gasteiger partial charge in [-0.25, -0.2) is 19.7 Å². The molecule has 1 saturated heterocycles. The molecule has 42 heavy (non-hydrogen) atoms. The lowest BCUT2D eigenvalue weighted by atomic mass is 9.92. The van der Waals surface area contributed by atoms with Gasteiger partial charge in [-0.15, -0.1) is 0 Å². The van der Waals surface area contributed by atoms with Crippen molar-refractivity contribution < 1.29 is 13.2 Å². The molecule has 1 atom stereocenters. The van der Waals surface area contributed by atoms with Gasteiger partial charge in [0, 0.05) is 50.0 Å². The molecule has 0 aromatic carbocycles. The number of carbonyl (C=O) groups excluding carboxylic acids is 1. The van der Waals surface area contributed by atoms with Gasteiger partial charge < -0.3 is 20.9 Å². The molecule has 1 amide bonds. The molecule has 1 aliphatic rings. The van der Waals surface area contributed by atoms with Gasteiger partial charge in [0.15, 0.2) is 5.03 Å². The van der Waals surface area contributed by atoms with E-state index < -0.39 is 27.0 Å². The van der Waals surface area contributed by atoms with Crippen molar-refractivity contribution in [3.05, 3.63) is 53.7 Å². The number of hydrogen-bond donors (Lipinski definition) is 3. The largest absolute Gasteiger partial charge is 0.373 e. The Balaban J connectivity index is 1.76. The number of aryl methyl sites for hydroxylation is 1. The minimum Gasteiger partial charge on any atom is -0.373 e. The van der Waals surface area contributed by atoms with Gasteiger partial charge in [-0.05, 0) is 75.9 Å². The number of nitrogens with two attached hydrogens (primary N) is 1. The van der Waals surface area contributed by atoms with Gasteiger partial charge in [-0.2, -0.15) is 8.42 Å². The zero-order valence-electron chi connectivity index (χ0n) is 25.7. The van der Waals surface area contributed by atoms with Crippen LogP contribution in [0.1, 0.15) is 57.0 Å². The fourth-order valence-electron chi connectivity index (χ4n) is 5.74. The molecule has 0 unspecified atom stereocenters. The molecule has 12 heteroatoms. The summed E-state index contributed by atoms with van der Waals surface area (Å²) in [5.41, 5.74) is 8.12. The van der Waals surface area contributed by atoms with Crippen molar-refractivity contribution in [1.82, 2.24) is 19.7 Å². The van der Waals surface area contributed by atoms with Gasteiger partial charge in [0.25, 0.3) is 15.9 Å². The second-order valence-electron chi connectivity index (χ2n) is 12.5. The first-order valence-electron chi connectivity index (χ1n) is 14.0. The second-order valence-corrected chi connectivity index (χ2v) is 14.1. The van der Waals surface area contributed by atoms with Crippen LogP contribution in [0.2, 0.25) is 0 Å². The van der Waals surface area contributed by atoms with Crippen LogP contribution in [0.25, 0.3) is 11.3 Å². The lowest BCUT2D eigenvalue weighted by molar-refractivity contribution is 0.0981. The van der Waals surface area contributed by atoms with Crippen LogP contribution in [0, 0.1) is 12.8 Å². The van der Waals surface area contributed by atoms with E-state index >= 15 is 0 Å². The minimum atomic E-state index is -4.26. The van der Waals surface area contributed by atoms with E-state index in [4.69, 9.17) is 15.7 Å². The maximum absolute atomic E-state index is 13.6. The first-order chi connectivity index (χ1) is 19.5. The highest BCUT2D eigenvalue weighted by atomic mass is 32.2. The number of hydrogen-bond acceptors (Lipinski definition) is 10. The molecule has 4 heterocycles. The number of nitrogens with one attached hydrogen (secondary N) is 2. The Morgan fingerprint density at radius 3 is 2.48 bits per heavy atom. The van der Waals surface area contributed by atoms with E-state index in [2.05, 4.69) is 33.8 Å². The fourth-order valence-corrected chi connectivity index (χ4v) is 6.68. The minimum absolute atomic E-state index is 0.121. The van der Waals surface area contributed by atoms with Gasteiger partial charge in [-0.1, -0.05) is 19.9 Å². The van der Waals surface area contributed by atoms with Crippen LogP contribution < -0.4 is 25.6 Å². The molecule has 0 aliphatic carbocycles. The number of aromatic nitrogens is 3. The summed E-state index contributed by atoms with van der Waals surface area (Å²) in [4.78, 5) is 31.5. The fraction of sp³-hybridized carbons (Fsp3) is 0.467. The van der Waals surface area contributed by atoms with E-state index in [0.717, 1.165) is 23.5 Å². The van der Waals surface area contributed by atoms with Crippen LogP contribution in [0.15, 0.2) is 47.6 Å². The zero-order chi connectivity index (χ0) is 31.0. The third-order valence-corrected chi connectivity index (χ3v) is 8.52. The molecule has 4 N–H and O–H groups in total.